The normalized spacial score (nSPS) is 12.3. The van der Waals surface area contributed by atoms with Crippen molar-refractivity contribution in [1.29, 1.82) is 0 Å². The highest BCUT2D eigenvalue weighted by molar-refractivity contribution is 5.92. The number of hydrogen-bond acceptors (Lipinski definition) is 3. The van der Waals surface area contributed by atoms with Crippen LogP contribution in [-0.4, -0.2) is 25.6 Å². The minimum absolute atomic E-state index is 0.0271. The third kappa shape index (κ3) is 6.25. The summed E-state index contributed by atoms with van der Waals surface area (Å²) in [6.07, 6.45) is 1.07. The molecule has 0 fully saturated rings. The maximum absolute atomic E-state index is 11.8. The second kappa shape index (κ2) is 7.79. The molecular formula is C15H24N2O2. The van der Waals surface area contributed by atoms with Crippen molar-refractivity contribution in [2.75, 3.05) is 19.0 Å². The van der Waals surface area contributed by atoms with Crippen molar-refractivity contribution in [3.8, 4) is 5.75 Å². The third-order valence-corrected chi connectivity index (χ3v) is 2.81. The SMILES string of the molecule is COc1ccc(NC(=O)CNC(C)CC(C)C)cc1. The predicted octanol–water partition coefficient (Wildman–Crippen LogP) is 2.66. The van der Waals surface area contributed by atoms with E-state index in [-0.39, 0.29) is 5.91 Å². The number of hydrogen-bond donors (Lipinski definition) is 2. The summed E-state index contributed by atoms with van der Waals surface area (Å²) in [6.45, 7) is 6.78. The van der Waals surface area contributed by atoms with Gasteiger partial charge in [0.25, 0.3) is 0 Å². The summed E-state index contributed by atoms with van der Waals surface area (Å²) in [7, 11) is 1.62. The van der Waals surface area contributed by atoms with E-state index in [0.29, 0.717) is 18.5 Å². The Labute approximate surface area is 115 Å². The molecule has 2 N–H and O–H groups in total. The monoisotopic (exact) mass is 264 g/mol. The van der Waals surface area contributed by atoms with Crippen LogP contribution in [0.15, 0.2) is 24.3 Å². The van der Waals surface area contributed by atoms with Crippen molar-refractivity contribution in [3.05, 3.63) is 24.3 Å². The quantitative estimate of drug-likeness (QED) is 0.796. The van der Waals surface area contributed by atoms with Crippen LogP contribution in [0.1, 0.15) is 27.2 Å². The lowest BCUT2D eigenvalue weighted by molar-refractivity contribution is -0.115. The van der Waals surface area contributed by atoms with Gasteiger partial charge in [0, 0.05) is 11.7 Å². The van der Waals surface area contributed by atoms with Crippen LogP contribution in [0.5, 0.6) is 5.75 Å². The fraction of sp³-hybridized carbons (Fsp3) is 0.533. The van der Waals surface area contributed by atoms with E-state index in [9.17, 15) is 4.79 Å². The molecule has 0 spiro atoms. The van der Waals surface area contributed by atoms with Crippen LogP contribution < -0.4 is 15.4 Å². The fourth-order valence-electron chi connectivity index (χ4n) is 1.94. The van der Waals surface area contributed by atoms with E-state index in [0.717, 1.165) is 17.9 Å². The van der Waals surface area contributed by atoms with Gasteiger partial charge in [0.05, 0.1) is 13.7 Å². The lowest BCUT2D eigenvalue weighted by atomic mass is 10.1. The van der Waals surface area contributed by atoms with Gasteiger partial charge >= 0.3 is 0 Å². The van der Waals surface area contributed by atoms with Gasteiger partial charge in [-0.2, -0.15) is 0 Å². The van der Waals surface area contributed by atoms with Gasteiger partial charge in [-0.05, 0) is 43.5 Å². The number of carbonyl (C=O) groups excluding carboxylic acids is 1. The first-order chi connectivity index (χ1) is 9.01. The summed E-state index contributed by atoms with van der Waals surface area (Å²) in [6, 6.07) is 7.65. The van der Waals surface area contributed by atoms with Crippen molar-refractivity contribution in [1.82, 2.24) is 5.32 Å². The Morgan fingerprint density at radius 1 is 1.21 bits per heavy atom. The minimum atomic E-state index is -0.0271. The number of benzene rings is 1. The summed E-state index contributed by atoms with van der Waals surface area (Å²) in [5, 5.41) is 6.06. The molecule has 0 aliphatic carbocycles. The Kier molecular flexibility index (Phi) is 6.36. The molecule has 1 atom stereocenters. The second-order valence-electron chi connectivity index (χ2n) is 5.19. The molecule has 0 aromatic heterocycles. The smallest absolute Gasteiger partial charge is 0.238 e. The van der Waals surface area contributed by atoms with Crippen LogP contribution in [0, 0.1) is 5.92 Å². The van der Waals surface area contributed by atoms with Crippen LogP contribution in [0.4, 0.5) is 5.69 Å². The minimum Gasteiger partial charge on any atom is -0.497 e. The van der Waals surface area contributed by atoms with E-state index in [4.69, 9.17) is 4.74 Å². The average molecular weight is 264 g/mol. The summed E-state index contributed by atoms with van der Waals surface area (Å²) in [5.41, 5.74) is 0.782. The molecule has 1 unspecified atom stereocenters. The summed E-state index contributed by atoms with van der Waals surface area (Å²) >= 11 is 0. The number of methoxy groups -OCH3 is 1. The molecule has 1 amide bonds. The highest BCUT2D eigenvalue weighted by atomic mass is 16.5. The van der Waals surface area contributed by atoms with E-state index in [1.165, 1.54) is 0 Å². The fourth-order valence-corrected chi connectivity index (χ4v) is 1.94. The molecule has 1 aromatic rings. The van der Waals surface area contributed by atoms with Crippen LogP contribution in [0.25, 0.3) is 0 Å². The zero-order valence-corrected chi connectivity index (χ0v) is 12.2. The van der Waals surface area contributed by atoms with Gasteiger partial charge in [-0.1, -0.05) is 13.8 Å². The molecular weight excluding hydrogens is 240 g/mol. The molecule has 106 valence electrons. The maximum Gasteiger partial charge on any atom is 0.238 e. The topological polar surface area (TPSA) is 50.4 Å². The Balaban J connectivity index is 2.34. The van der Waals surface area contributed by atoms with Crippen molar-refractivity contribution in [2.24, 2.45) is 5.92 Å². The molecule has 0 saturated heterocycles. The summed E-state index contributed by atoms with van der Waals surface area (Å²) < 4.78 is 5.06. The van der Waals surface area contributed by atoms with E-state index >= 15 is 0 Å². The number of nitrogens with one attached hydrogen (secondary N) is 2. The van der Waals surface area contributed by atoms with Gasteiger partial charge in [0.15, 0.2) is 0 Å². The van der Waals surface area contributed by atoms with Crippen LogP contribution in [0.2, 0.25) is 0 Å². The number of carbonyl (C=O) groups is 1. The van der Waals surface area contributed by atoms with Crippen LogP contribution in [0.3, 0.4) is 0 Å². The van der Waals surface area contributed by atoms with Crippen LogP contribution in [-0.2, 0) is 4.79 Å². The molecule has 4 heteroatoms. The van der Waals surface area contributed by atoms with Gasteiger partial charge < -0.3 is 15.4 Å². The van der Waals surface area contributed by atoms with Crippen molar-refractivity contribution >= 4 is 11.6 Å². The summed E-state index contributed by atoms with van der Waals surface area (Å²) in [4.78, 5) is 11.8. The van der Waals surface area contributed by atoms with Gasteiger partial charge in [-0.25, -0.2) is 0 Å². The van der Waals surface area contributed by atoms with Crippen LogP contribution >= 0.6 is 0 Å². The highest BCUT2D eigenvalue weighted by Gasteiger charge is 2.07. The highest BCUT2D eigenvalue weighted by Crippen LogP contribution is 2.14. The zero-order valence-electron chi connectivity index (χ0n) is 12.2. The van der Waals surface area contributed by atoms with Gasteiger partial charge in [0.2, 0.25) is 5.91 Å². The largest absolute Gasteiger partial charge is 0.497 e. The number of ether oxygens (including phenoxy) is 1. The van der Waals surface area contributed by atoms with E-state index in [2.05, 4.69) is 31.4 Å². The maximum atomic E-state index is 11.8. The average Bonchev–Trinajstić information content (AvgIpc) is 2.36. The first-order valence-corrected chi connectivity index (χ1v) is 6.68. The lowest BCUT2D eigenvalue weighted by Crippen LogP contribution is -2.35. The van der Waals surface area contributed by atoms with E-state index in [1.54, 1.807) is 7.11 Å². The standard InChI is InChI=1S/C15H24N2O2/c1-11(2)9-12(3)16-10-15(18)17-13-5-7-14(19-4)8-6-13/h5-8,11-12,16H,9-10H2,1-4H3,(H,17,18). The van der Waals surface area contributed by atoms with E-state index < -0.39 is 0 Å². The molecule has 1 aromatic carbocycles. The molecule has 1 rings (SSSR count). The molecule has 0 radical (unpaired) electrons. The van der Waals surface area contributed by atoms with Crippen molar-refractivity contribution < 1.29 is 9.53 Å². The molecule has 0 saturated carbocycles. The molecule has 0 aliphatic rings. The van der Waals surface area contributed by atoms with Gasteiger partial charge in [-0.15, -0.1) is 0 Å². The van der Waals surface area contributed by atoms with Gasteiger partial charge in [0.1, 0.15) is 5.75 Å². The zero-order chi connectivity index (χ0) is 14.3. The molecule has 0 heterocycles. The predicted molar refractivity (Wildman–Crippen MR) is 78.5 cm³/mol. The number of rotatable bonds is 7. The molecule has 19 heavy (non-hydrogen) atoms. The Morgan fingerprint density at radius 2 is 1.84 bits per heavy atom. The van der Waals surface area contributed by atoms with E-state index in [1.807, 2.05) is 24.3 Å². The lowest BCUT2D eigenvalue weighted by Gasteiger charge is -2.15. The van der Waals surface area contributed by atoms with Crippen molar-refractivity contribution in [2.45, 2.75) is 33.2 Å². The third-order valence-electron chi connectivity index (χ3n) is 2.81. The molecule has 0 bridgehead atoms. The number of amides is 1. The first kappa shape index (κ1) is 15.5. The number of anilines is 1. The molecule has 0 aliphatic heterocycles. The Bertz CT molecular complexity index is 388. The first-order valence-electron chi connectivity index (χ1n) is 6.68. The summed E-state index contributed by atoms with van der Waals surface area (Å²) in [5.74, 6) is 1.38. The second-order valence-corrected chi connectivity index (χ2v) is 5.19. The van der Waals surface area contributed by atoms with Gasteiger partial charge in [-0.3, -0.25) is 4.79 Å². The van der Waals surface area contributed by atoms with Crippen molar-refractivity contribution in [3.63, 3.8) is 0 Å². The molecule has 4 nitrogen and oxygen atoms in total. The Hall–Kier alpha value is -1.55. The Morgan fingerprint density at radius 3 is 2.37 bits per heavy atom.